The molecule has 0 aliphatic heterocycles. The lowest BCUT2D eigenvalue weighted by Gasteiger charge is -2.14. The van der Waals surface area contributed by atoms with Gasteiger partial charge < -0.3 is 0 Å². The third kappa shape index (κ3) is 0.981. The molecule has 0 saturated heterocycles. The number of hydrogen-bond acceptors (Lipinski definition) is 3. The van der Waals surface area contributed by atoms with Crippen LogP contribution in [0.4, 0.5) is 0 Å². The molecule has 1 aromatic rings. The molecule has 0 fully saturated rings. The lowest BCUT2D eigenvalue weighted by atomic mass is 9.91. The Bertz CT molecular complexity index is 333. The second-order valence-electron chi connectivity index (χ2n) is 3.18. The predicted octanol–water partition coefficient (Wildman–Crippen LogP) is 0.444. The molecule has 0 amide bonds. The zero-order valence-electron chi connectivity index (χ0n) is 6.99. The zero-order chi connectivity index (χ0) is 8.55. The van der Waals surface area contributed by atoms with Crippen molar-refractivity contribution in [3.8, 4) is 6.07 Å². The van der Waals surface area contributed by atoms with E-state index in [1.165, 1.54) is 0 Å². The van der Waals surface area contributed by atoms with Crippen molar-refractivity contribution < 1.29 is 0 Å². The Labute approximate surface area is 70.8 Å². The van der Waals surface area contributed by atoms with E-state index < -0.39 is 0 Å². The molecular formula is C8H10N4. The van der Waals surface area contributed by atoms with Crippen LogP contribution in [0.3, 0.4) is 0 Å². The summed E-state index contributed by atoms with van der Waals surface area (Å²) in [5, 5.41) is 16.7. The highest BCUT2D eigenvalue weighted by molar-refractivity contribution is 5.16. The van der Waals surface area contributed by atoms with Gasteiger partial charge in [0.05, 0.1) is 23.4 Å². The number of hydrogen-bond donors (Lipinski definition) is 0. The molecule has 0 N–H and O–H groups in total. The second kappa shape index (κ2) is 2.59. The molecule has 0 saturated carbocycles. The van der Waals surface area contributed by atoms with Gasteiger partial charge in [-0.25, -0.2) is 0 Å². The first-order chi connectivity index (χ1) is 5.81. The third-order valence-corrected chi connectivity index (χ3v) is 2.38. The molecular weight excluding hydrogens is 152 g/mol. The maximum Gasteiger partial charge on any atom is 0.0859 e. The van der Waals surface area contributed by atoms with E-state index in [0.717, 1.165) is 30.7 Å². The fraction of sp³-hybridized carbons (Fsp3) is 0.625. The van der Waals surface area contributed by atoms with Crippen molar-refractivity contribution in [1.29, 1.82) is 5.26 Å². The molecule has 4 heteroatoms. The molecule has 1 unspecified atom stereocenters. The highest BCUT2D eigenvalue weighted by atomic mass is 15.4. The topological polar surface area (TPSA) is 54.5 Å². The van der Waals surface area contributed by atoms with Gasteiger partial charge in [-0.05, 0) is 12.8 Å². The Morgan fingerprint density at radius 1 is 1.67 bits per heavy atom. The summed E-state index contributed by atoms with van der Waals surface area (Å²) >= 11 is 0. The molecule has 0 radical (unpaired) electrons. The van der Waals surface area contributed by atoms with Crippen molar-refractivity contribution >= 4 is 0 Å². The Morgan fingerprint density at radius 2 is 2.50 bits per heavy atom. The van der Waals surface area contributed by atoms with E-state index in [4.69, 9.17) is 5.26 Å². The molecule has 4 nitrogen and oxygen atoms in total. The maximum atomic E-state index is 8.74. The van der Waals surface area contributed by atoms with Crippen molar-refractivity contribution in [2.24, 2.45) is 13.0 Å². The predicted molar refractivity (Wildman–Crippen MR) is 42.1 cm³/mol. The number of rotatable bonds is 0. The van der Waals surface area contributed by atoms with Crippen LogP contribution in [-0.2, 0) is 19.9 Å². The van der Waals surface area contributed by atoms with E-state index in [0.29, 0.717) is 0 Å². The van der Waals surface area contributed by atoms with Crippen LogP contribution in [0.5, 0.6) is 0 Å². The average molecular weight is 162 g/mol. The summed E-state index contributed by atoms with van der Waals surface area (Å²) in [5.74, 6) is 0.162. The van der Waals surface area contributed by atoms with Crippen LogP contribution in [0.2, 0.25) is 0 Å². The monoisotopic (exact) mass is 162 g/mol. The van der Waals surface area contributed by atoms with Gasteiger partial charge in [-0.3, -0.25) is 4.68 Å². The Hall–Kier alpha value is -1.37. The number of aromatic nitrogens is 3. The second-order valence-corrected chi connectivity index (χ2v) is 3.18. The quantitative estimate of drug-likeness (QED) is 0.556. The smallest absolute Gasteiger partial charge is 0.0859 e. The summed E-state index contributed by atoms with van der Waals surface area (Å²) in [6, 6.07) is 2.29. The Morgan fingerprint density at radius 3 is 3.25 bits per heavy atom. The molecule has 1 atom stereocenters. The average Bonchev–Trinajstić information content (AvgIpc) is 2.47. The van der Waals surface area contributed by atoms with Gasteiger partial charge in [-0.1, -0.05) is 5.21 Å². The van der Waals surface area contributed by atoms with Crippen LogP contribution in [-0.4, -0.2) is 15.0 Å². The summed E-state index contributed by atoms with van der Waals surface area (Å²) in [4.78, 5) is 0. The maximum absolute atomic E-state index is 8.74. The fourth-order valence-corrected chi connectivity index (χ4v) is 1.62. The van der Waals surface area contributed by atoms with Crippen molar-refractivity contribution in [2.75, 3.05) is 0 Å². The van der Waals surface area contributed by atoms with E-state index >= 15 is 0 Å². The molecule has 2 rings (SSSR count). The number of fused-ring (bicyclic) bond motifs is 1. The van der Waals surface area contributed by atoms with Crippen LogP contribution < -0.4 is 0 Å². The molecule has 62 valence electrons. The molecule has 1 aromatic heterocycles. The minimum absolute atomic E-state index is 0.162. The highest BCUT2D eigenvalue weighted by Gasteiger charge is 2.22. The van der Waals surface area contributed by atoms with Gasteiger partial charge in [-0.2, -0.15) is 5.26 Å². The van der Waals surface area contributed by atoms with Crippen molar-refractivity contribution in [2.45, 2.75) is 19.3 Å². The molecule has 1 aliphatic carbocycles. The standard InChI is InChI=1S/C8H10N4/c1-12-8-4-6(5-9)2-3-7(8)10-11-12/h6H,2-4H2,1H3. The summed E-state index contributed by atoms with van der Waals surface area (Å²) in [5.41, 5.74) is 2.21. The lowest BCUT2D eigenvalue weighted by molar-refractivity contribution is 0.534. The van der Waals surface area contributed by atoms with E-state index in [9.17, 15) is 0 Å². The van der Waals surface area contributed by atoms with Gasteiger partial charge in [0, 0.05) is 13.5 Å². The molecule has 1 heterocycles. The number of aryl methyl sites for hydroxylation is 2. The number of nitrogens with zero attached hydrogens (tertiary/aromatic N) is 4. The first kappa shape index (κ1) is 7.29. The summed E-state index contributed by atoms with van der Waals surface area (Å²) in [6.07, 6.45) is 2.65. The van der Waals surface area contributed by atoms with E-state index in [-0.39, 0.29) is 5.92 Å². The molecule has 0 aromatic carbocycles. The Kier molecular flexibility index (Phi) is 1.58. The van der Waals surface area contributed by atoms with E-state index in [2.05, 4.69) is 16.4 Å². The first-order valence-corrected chi connectivity index (χ1v) is 4.08. The van der Waals surface area contributed by atoms with Gasteiger partial charge >= 0.3 is 0 Å². The van der Waals surface area contributed by atoms with Crippen molar-refractivity contribution in [3.05, 3.63) is 11.4 Å². The van der Waals surface area contributed by atoms with Crippen molar-refractivity contribution in [1.82, 2.24) is 15.0 Å². The van der Waals surface area contributed by atoms with E-state index in [1.54, 1.807) is 4.68 Å². The van der Waals surface area contributed by atoms with Crippen LogP contribution in [0.25, 0.3) is 0 Å². The van der Waals surface area contributed by atoms with Gasteiger partial charge in [-0.15, -0.1) is 5.10 Å². The Balaban J connectivity index is 2.33. The first-order valence-electron chi connectivity index (χ1n) is 4.08. The normalized spacial score (nSPS) is 21.5. The van der Waals surface area contributed by atoms with Gasteiger partial charge in [0.1, 0.15) is 0 Å². The molecule has 0 bridgehead atoms. The van der Waals surface area contributed by atoms with Crippen LogP contribution in [0.1, 0.15) is 17.8 Å². The lowest BCUT2D eigenvalue weighted by Crippen LogP contribution is -2.14. The van der Waals surface area contributed by atoms with Gasteiger partial charge in [0.2, 0.25) is 0 Å². The highest BCUT2D eigenvalue weighted by Crippen LogP contribution is 2.22. The minimum atomic E-state index is 0.162. The SMILES string of the molecule is Cn1nnc2c1CC(C#N)CC2. The largest absolute Gasteiger partial charge is 0.252 e. The fourth-order valence-electron chi connectivity index (χ4n) is 1.62. The number of nitriles is 1. The van der Waals surface area contributed by atoms with Gasteiger partial charge in [0.25, 0.3) is 0 Å². The molecule has 12 heavy (non-hydrogen) atoms. The van der Waals surface area contributed by atoms with Gasteiger partial charge in [0.15, 0.2) is 0 Å². The van der Waals surface area contributed by atoms with Crippen LogP contribution in [0.15, 0.2) is 0 Å². The van der Waals surface area contributed by atoms with Crippen molar-refractivity contribution in [3.63, 3.8) is 0 Å². The third-order valence-electron chi connectivity index (χ3n) is 2.38. The minimum Gasteiger partial charge on any atom is -0.252 e. The van der Waals surface area contributed by atoms with Crippen LogP contribution >= 0.6 is 0 Å². The van der Waals surface area contributed by atoms with E-state index in [1.807, 2.05) is 7.05 Å². The summed E-state index contributed by atoms with van der Waals surface area (Å²) in [6.45, 7) is 0. The summed E-state index contributed by atoms with van der Waals surface area (Å²) in [7, 11) is 1.88. The zero-order valence-corrected chi connectivity index (χ0v) is 6.99. The summed E-state index contributed by atoms with van der Waals surface area (Å²) < 4.78 is 1.78. The molecule has 0 spiro atoms. The molecule has 1 aliphatic rings. The van der Waals surface area contributed by atoms with Crippen LogP contribution in [0, 0.1) is 17.2 Å².